The zero-order chi connectivity index (χ0) is 22.9. The summed E-state index contributed by atoms with van der Waals surface area (Å²) in [5.41, 5.74) is 2.61. The average Bonchev–Trinajstić information content (AvgIpc) is 3.04. The summed E-state index contributed by atoms with van der Waals surface area (Å²) in [5, 5.41) is 15.7. The number of anilines is 1. The molecule has 6 atom stereocenters. The minimum absolute atomic E-state index is 0.123. The second-order valence-electron chi connectivity index (χ2n) is 8.68. The fraction of sp³-hybridized carbons (Fsp3) is 0.542. The van der Waals surface area contributed by atoms with E-state index in [0.717, 1.165) is 16.8 Å². The molecule has 7 nitrogen and oxygen atoms in total. The molecule has 0 saturated carbocycles. The maximum atomic E-state index is 13.6. The van der Waals surface area contributed by atoms with E-state index in [0.29, 0.717) is 6.42 Å². The van der Waals surface area contributed by atoms with Crippen molar-refractivity contribution in [2.75, 3.05) is 19.0 Å². The van der Waals surface area contributed by atoms with Crippen LogP contribution in [0.4, 0.5) is 5.69 Å². The summed E-state index contributed by atoms with van der Waals surface area (Å²) < 4.78 is 0. The lowest BCUT2D eigenvalue weighted by Gasteiger charge is -2.33. The Morgan fingerprint density at radius 3 is 2.35 bits per heavy atom. The molecule has 3 rings (SSSR count). The maximum Gasteiger partial charge on any atom is 0.247 e. The van der Waals surface area contributed by atoms with Crippen molar-refractivity contribution in [3.63, 3.8) is 0 Å². The van der Waals surface area contributed by atoms with Gasteiger partial charge < -0.3 is 20.6 Å². The van der Waals surface area contributed by atoms with Gasteiger partial charge in [0.05, 0.1) is 24.5 Å². The zero-order valence-corrected chi connectivity index (χ0v) is 18.9. The van der Waals surface area contributed by atoms with Crippen LogP contribution in [0.3, 0.4) is 0 Å². The van der Waals surface area contributed by atoms with Crippen LogP contribution < -0.4 is 10.6 Å². The van der Waals surface area contributed by atoms with Crippen LogP contribution in [0.5, 0.6) is 0 Å². The number of fused-ring (bicyclic) bond motifs is 1. The molecule has 1 heterocycles. The summed E-state index contributed by atoms with van der Waals surface area (Å²) in [6, 6.07) is 4.51. The highest BCUT2D eigenvalue weighted by Crippen LogP contribution is 2.45. The quantitative estimate of drug-likeness (QED) is 0.605. The first kappa shape index (κ1) is 23.0. The Hall–Kier alpha value is -2.67. The molecule has 0 bridgehead atoms. The second-order valence-corrected chi connectivity index (χ2v) is 8.68. The van der Waals surface area contributed by atoms with Gasteiger partial charge in [-0.3, -0.25) is 14.4 Å². The SMILES string of the molecule is CC[C@@H](CO)N1C(=O)[C@H]2[C@H](C=C[C@@H](C)[C@H]2C(=O)NC)[C@H]1C(=O)Nc1c(C)cccc1C. The van der Waals surface area contributed by atoms with Crippen molar-refractivity contribution in [1.82, 2.24) is 10.2 Å². The van der Waals surface area contributed by atoms with Crippen LogP contribution in [0.2, 0.25) is 0 Å². The Balaban J connectivity index is 2.05. The number of nitrogens with zero attached hydrogens (tertiary/aromatic N) is 1. The minimum atomic E-state index is -0.787. The molecule has 0 unspecified atom stereocenters. The van der Waals surface area contributed by atoms with Gasteiger partial charge in [0.2, 0.25) is 17.7 Å². The summed E-state index contributed by atoms with van der Waals surface area (Å²) in [6.07, 6.45) is 4.35. The summed E-state index contributed by atoms with van der Waals surface area (Å²) >= 11 is 0. The molecule has 2 aliphatic rings. The van der Waals surface area contributed by atoms with Crippen molar-refractivity contribution < 1.29 is 19.5 Å². The molecular formula is C24H33N3O4. The molecule has 3 N–H and O–H groups in total. The average molecular weight is 428 g/mol. The van der Waals surface area contributed by atoms with Gasteiger partial charge in [0.25, 0.3) is 0 Å². The molecule has 1 aliphatic heterocycles. The van der Waals surface area contributed by atoms with E-state index in [1.54, 1.807) is 7.05 Å². The van der Waals surface area contributed by atoms with Crippen LogP contribution in [-0.2, 0) is 14.4 Å². The number of aliphatic hydroxyl groups is 1. The molecule has 0 aromatic heterocycles. The Morgan fingerprint density at radius 2 is 1.81 bits per heavy atom. The number of amides is 3. The highest BCUT2D eigenvalue weighted by molar-refractivity contribution is 6.02. The molecule has 0 spiro atoms. The summed E-state index contributed by atoms with van der Waals surface area (Å²) in [7, 11) is 1.56. The van der Waals surface area contributed by atoms with Gasteiger partial charge in [-0.25, -0.2) is 0 Å². The lowest BCUT2D eigenvalue weighted by molar-refractivity contribution is -0.142. The first-order valence-corrected chi connectivity index (χ1v) is 11.0. The maximum absolute atomic E-state index is 13.6. The van der Waals surface area contributed by atoms with E-state index in [2.05, 4.69) is 10.6 Å². The van der Waals surface area contributed by atoms with Crippen molar-refractivity contribution in [3.8, 4) is 0 Å². The predicted octanol–water partition coefficient (Wildman–Crippen LogP) is 2.02. The van der Waals surface area contributed by atoms with Crippen LogP contribution in [0, 0.1) is 37.5 Å². The highest BCUT2D eigenvalue weighted by Gasteiger charge is 2.57. The molecule has 0 radical (unpaired) electrons. The standard InChI is InChI=1S/C24H33N3O4/c1-6-16(12-28)27-21(23(30)26-20-14(3)8-7-9-15(20)4)17-11-10-13(2)18(22(29)25-5)19(17)24(27)31/h7-11,13,16-19,21,28H,6,12H2,1-5H3,(H,25,29)(H,26,30)/t13-,16+,17+,18-,19+,21+/m1/s1. The van der Waals surface area contributed by atoms with E-state index >= 15 is 0 Å². The topological polar surface area (TPSA) is 98.7 Å². The van der Waals surface area contributed by atoms with Gasteiger partial charge in [0.15, 0.2) is 0 Å². The lowest BCUT2D eigenvalue weighted by atomic mass is 9.70. The molecule has 1 aromatic rings. The number of aryl methyl sites for hydroxylation is 2. The smallest absolute Gasteiger partial charge is 0.247 e. The van der Waals surface area contributed by atoms with Crippen molar-refractivity contribution in [2.24, 2.45) is 23.7 Å². The summed E-state index contributed by atoms with van der Waals surface area (Å²) in [6.45, 7) is 7.41. The molecule has 1 fully saturated rings. The van der Waals surface area contributed by atoms with Crippen LogP contribution >= 0.6 is 0 Å². The molecule has 1 aromatic carbocycles. The van der Waals surface area contributed by atoms with Gasteiger partial charge in [0, 0.05) is 18.7 Å². The van der Waals surface area contributed by atoms with E-state index in [4.69, 9.17) is 0 Å². The molecule has 1 saturated heterocycles. The number of carbonyl (C=O) groups excluding carboxylic acids is 3. The number of benzene rings is 1. The van der Waals surface area contributed by atoms with Crippen molar-refractivity contribution in [1.29, 1.82) is 0 Å². The van der Waals surface area contributed by atoms with Crippen LogP contribution in [-0.4, -0.2) is 53.5 Å². The first-order chi connectivity index (χ1) is 14.8. The summed E-state index contributed by atoms with van der Waals surface area (Å²) in [5.74, 6) is -2.47. The van der Waals surface area contributed by atoms with Gasteiger partial charge in [-0.05, 0) is 37.3 Å². The number of nitrogens with one attached hydrogen (secondary N) is 2. The Kier molecular flexibility index (Phi) is 6.84. The largest absolute Gasteiger partial charge is 0.394 e. The highest BCUT2D eigenvalue weighted by atomic mass is 16.3. The third kappa shape index (κ3) is 3.99. The van der Waals surface area contributed by atoms with E-state index in [-0.39, 0.29) is 30.2 Å². The third-order valence-corrected chi connectivity index (χ3v) is 6.83. The van der Waals surface area contributed by atoms with Gasteiger partial charge in [-0.15, -0.1) is 0 Å². The number of hydrogen-bond donors (Lipinski definition) is 3. The predicted molar refractivity (Wildman–Crippen MR) is 119 cm³/mol. The fourth-order valence-electron chi connectivity index (χ4n) is 5.12. The molecule has 7 heteroatoms. The molecule has 1 aliphatic carbocycles. The number of likely N-dealkylation sites (tertiary alicyclic amines) is 1. The second kappa shape index (κ2) is 9.22. The van der Waals surface area contributed by atoms with E-state index in [9.17, 15) is 19.5 Å². The molecular weight excluding hydrogens is 394 g/mol. The van der Waals surface area contributed by atoms with Gasteiger partial charge in [-0.1, -0.05) is 44.2 Å². The van der Waals surface area contributed by atoms with Gasteiger partial charge in [0.1, 0.15) is 6.04 Å². The first-order valence-electron chi connectivity index (χ1n) is 11.0. The van der Waals surface area contributed by atoms with E-state index < -0.39 is 29.8 Å². The minimum Gasteiger partial charge on any atom is -0.394 e. The Labute approximate surface area is 183 Å². The molecule has 3 amide bonds. The summed E-state index contributed by atoms with van der Waals surface area (Å²) in [4.78, 5) is 41.4. The normalized spacial score (nSPS) is 28.3. The molecule has 168 valence electrons. The van der Waals surface area contributed by atoms with Gasteiger partial charge in [-0.2, -0.15) is 0 Å². The number of aliphatic hydroxyl groups excluding tert-OH is 1. The number of carbonyl (C=O) groups is 3. The van der Waals surface area contributed by atoms with Crippen molar-refractivity contribution in [2.45, 2.75) is 46.2 Å². The Bertz CT molecular complexity index is 873. The number of hydrogen-bond acceptors (Lipinski definition) is 4. The van der Waals surface area contributed by atoms with Crippen LogP contribution in [0.25, 0.3) is 0 Å². The van der Waals surface area contributed by atoms with Crippen molar-refractivity contribution >= 4 is 23.4 Å². The Morgan fingerprint density at radius 1 is 1.16 bits per heavy atom. The number of allylic oxidation sites excluding steroid dienone is 1. The van der Waals surface area contributed by atoms with Crippen LogP contribution in [0.1, 0.15) is 31.4 Å². The number of rotatable bonds is 6. The van der Waals surface area contributed by atoms with E-state index in [1.165, 1.54) is 4.90 Å². The van der Waals surface area contributed by atoms with Crippen molar-refractivity contribution in [3.05, 3.63) is 41.5 Å². The van der Waals surface area contributed by atoms with E-state index in [1.807, 2.05) is 58.0 Å². The fourth-order valence-corrected chi connectivity index (χ4v) is 5.12. The monoisotopic (exact) mass is 427 g/mol. The zero-order valence-electron chi connectivity index (χ0n) is 18.9. The van der Waals surface area contributed by atoms with Gasteiger partial charge >= 0.3 is 0 Å². The molecule has 31 heavy (non-hydrogen) atoms. The third-order valence-electron chi connectivity index (χ3n) is 6.83. The number of para-hydroxylation sites is 1. The van der Waals surface area contributed by atoms with Crippen LogP contribution in [0.15, 0.2) is 30.4 Å². The lowest BCUT2D eigenvalue weighted by Crippen LogP contribution is -2.50.